The van der Waals surface area contributed by atoms with Crippen molar-refractivity contribution in [3.05, 3.63) is 76.1 Å². The highest BCUT2D eigenvalue weighted by atomic mass is 16.5. The predicted molar refractivity (Wildman–Crippen MR) is 116 cm³/mol. The van der Waals surface area contributed by atoms with Crippen LogP contribution in [0.15, 0.2) is 59.4 Å². The summed E-state index contributed by atoms with van der Waals surface area (Å²) in [7, 11) is 1.62. The van der Waals surface area contributed by atoms with E-state index in [1.165, 1.54) is 0 Å². The number of aromatic amines is 1. The molecule has 3 aromatic rings. The Labute approximate surface area is 175 Å². The molecule has 1 aromatic heterocycles. The van der Waals surface area contributed by atoms with Crippen LogP contribution in [0, 0.1) is 0 Å². The zero-order valence-electron chi connectivity index (χ0n) is 17.1. The van der Waals surface area contributed by atoms with Gasteiger partial charge in [0.25, 0.3) is 5.56 Å². The second kappa shape index (κ2) is 9.13. The number of amides is 1. The van der Waals surface area contributed by atoms with Gasteiger partial charge in [0.05, 0.1) is 26.2 Å². The standard InChI is InChI=1S/C24H26N2O4/c1-29-20-10-8-17(9-11-20)13-23(27)26(16-21-6-4-12-30-21)15-19-14-18-5-2-3-7-22(18)25-24(19)28/h2-3,5,7-11,14,21H,4,6,12-13,15-16H2,1H3,(H,25,28)/t21-/m1/s1. The molecule has 0 unspecified atom stereocenters. The van der Waals surface area contributed by atoms with Crippen LogP contribution < -0.4 is 10.3 Å². The van der Waals surface area contributed by atoms with Crippen molar-refractivity contribution in [1.82, 2.24) is 9.88 Å². The van der Waals surface area contributed by atoms with Crippen LogP contribution in [0.4, 0.5) is 0 Å². The van der Waals surface area contributed by atoms with Crippen LogP contribution in [0.25, 0.3) is 10.9 Å². The first-order valence-electron chi connectivity index (χ1n) is 10.3. The van der Waals surface area contributed by atoms with E-state index in [4.69, 9.17) is 9.47 Å². The van der Waals surface area contributed by atoms with E-state index in [-0.39, 0.29) is 30.5 Å². The van der Waals surface area contributed by atoms with E-state index in [1.807, 2.05) is 54.6 Å². The van der Waals surface area contributed by atoms with E-state index >= 15 is 0 Å². The number of benzene rings is 2. The minimum absolute atomic E-state index is 0.0179. The maximum atomic E-state index is 13.2. The molecule has 1 amide bonds. The van der Waals surface area contributed by atoms with Crippen molar-refractivity contribution in [1.29, 1.82) is 0 Å². The lowest BCUT2D eigenvalue weighted by atomic mass is 10.1. The Morgan fingerprint density at radius 2 is 2.00 bits per heavy atom. The normalized spacial score (nSPS) is 16.0. The first-order chi connectivity index (χ1) is 14.6. The number of hydrogen-bond donors (Lipinski definition) is 1. The highest BCUT2D eigenvalue weighted by Gasteiger charge is 2.24. The Morgan fingerprint density at radius 3 is 2.73 bits per heavy atom. The topological polar surface area (TPSA) is 71.6 Å². The van der Waals surface area contributed by atoms with Crippen molar-refractivity contribution in [2.75, 3.05) is 20.3 Å². The molecule has 0 saturated carbocycles. The Morgan fingerprint density at radius 1 is 1.20 bits per heavy atom. The van der Waals surface area contributed by atoms with E-state index < -0.39 is 0 Å². The fourth-order valence-corrected chi connectivity index (χ4v) is 3.83. The summed E-state index contributed by atoms with van der Waals surface area (Å²) in [5.41, 5.74) is 2.12. The molecule has 30 heavy (non-hydrogen) atoms. The second-order valence-electron chi connectivity index (χ2n) is 7.65. The molecule has 1 aliphatic heterocycles. The minimum atomic E-state index is -0.164. The highest BCUT2D eigenvalue weighted by molar-refractivity contribution is 5.80. The molecule has 0 spiro atoms. The molecule has 0 bridgehead atoms. The molecule has 0 aliphatic carbocycles. The van der Waals surface area contributed by atoms with Crippen molar-refractivity contribution in [3.8, 4) is 5.75 Å². The number of rotatable bonds is 7. The van der Waals surface area contributed by atoms with Crippen molar-refractivity contribution in [2.24, 2.45) is 0 Å². The number of pyridine rings is 1. The largest absolute Gasteiger partial charge is 0.497 e. The molecule has 1 atom stereocenters. The van der Waals surface area contributed by atoms with Crippen molar-refractivity contribution in [3.63, 3.8) is 0 Å². The van der Waals surface area contributed by atoms with Crippen molar-refractivity contribution in [2.45, 2.75) is 31.9 Å². The summed E-state index contributed by atoms with van der Waals surface area (Å²) in [6.07, 6.45) is 2.22. The predicted octanol–water partition coefficient (Wildman–Crippen LogP) is 3.29. The molecule has 6 heteroatoms. The lowest BCUT2D eigenvalue weighted by Gasteiger charge is -2.25. The Balaban J connectivity index is 1.56. The summed E-state index contributed by atoms with van der Waals surface area (Å²) < 4.78 is 10.9. The number of nitrogens with one attached hydrogen (secondary N) is 1. The van der Waals surface area contributed by atoms with Crippen LogP contribution >= 0.6 is 0 Å². The van der Waals surface area contributed by atoms with Crippen molar-refractivity contribution < 1.29 is 14.3 Å². The summed E-state index contributed by atoms with van der Waals surface area (Å²) in [6, 6.07) is 17.0. The van der Waals surface area contributed by atoms with Gasteiger partial charge in [0.1, 0.15) is 5.75 Å². The van der Waals surface area contributed by atoms with E-state index in [2.05, 4.69) is 4.98 Å². The first-order valence-corrected chi connectivity index (χ1v) is 10.3. The number of fused-ring (bicyclic) bond motifs is 1. The molecular formula is C24H26N2O4. The van der Waals surface area contributed by atoms with Gasteiger partial charge >= 0.3 is 0 Å². The van der Waals surface area contributed by atoms with Gasteiger partial charge in [0, 0.05) is 24.2 Å². The molecule has 1 aliphatic rings. The number of aromatic nitrogens is 1. The van der Waals surface area contributed by atoms with Crippen LogP contribution in [-0.2, 0) is 22.5 Å². The number of H-pyrrole nitrogens is 1. The number of methoxy groups -OCH3 is 1. The summed E-state index contributed by atoms with van der Waals surface area (Å²) in [5.74, 6) is 0.730. The smallest absolute Gasteiger partial charge is 0.253 e. The van der Waals surface area contributed by atoms with Gasteiger partial charge in [0.2, 0.25) is 5.91 Å². The van der Waals surface area contributed by atoms with Gasteiger partial charge in [-0.05, 0) is 48.1 Å². The third-order valence-electron chi connectivity index (χ3n) is 5.51. The molecule has 1 N–H and O–H groups in total. The van der Waals surface area contributed by atoms with E-state index in [9.17, 15) is 9.59 Å². The third-order valence-corrected chi connectivity index (χ3v) is 5.51. The maximum Gasteiger partial charge on any atom is 0.253 e. The molecule has 156 valence electrons. The van der Waals surface area contributed by atoms with E-state index in [0.29, 0.717) is 12.1 Å². The minimum Gasteiger partial charge on any atom is -0.497 e. The summed E-state index contributed by atoms with van der Waals surface area (Å²) in [4.78, 5) is 30.4. The van der Waals surface area contributed by atoms with Crippen LogP contribution in [0.5, 0.6) is 5.75 Å². The molecule has 2 aromatic carbocycles. The monoisotopic (exact) mass is 406 g/mol. The van der Waals surface area contributed by atoms with Gasteiger partial charge in [-0.3, -0.25) is 9.59 Å². The van der Waals surface area contributed by atoms with E-state index in [1.54, 1.807) is 12.0 Å². The Bertz CT molecular complexity index is 1070. The van der Waals surface area contributed by atoms with Gasteiger partial charge in [-0.1, -0.05) is 30.3 Å². The first kappa shape index (κ1) is 20.2. The fraction of sp³-hybridized carbons (Fsp3) is 0.333. The number of nitrogens with zero attached hydrogens (tertiary/aromatic N) is 1. The molecular weight excluding hydrogens is 380 g/mol. The summed E-state index contributed by atoms with van der Waals surface area (Å²) in [6.45, 7) is 1.47. The molecule has 0 radical (unpaired) electrons. The average molecular weight is 406 g/mol. The number of carbonyl (C=O) groups excluding carboxylic acids is 1. The van der Waals surface area contributed by atoms with Crippen LogP contribution in [0.1, 0.15) is 24.0 Å². The number of ether oxygens (including phenoxy) is 2. The zero-order valence-corrected chi connectivity index (χ0v) is 17.1. The summed E-state index contributed by atoms with van der Waals surface area (Å²) in [5, 5.41) is 0.951. The van der Waals surface area contributed by atoms with Crippen LogP contribution in [0.2, 0.25) is 0 Å². The van der Waals surface area contributed by atoms with E-state index in [0.717, 1.165) is 41.7 Å². The average Bonchev–Trinajstić information content (AvgIpc) is 3.27. The molecule has 1 fully saturated rings. The zero-order chi connectivity index (χ0) is 20.9. The van der Waals surface area contributed by atoms with Gasteiger partial charge < -0.3 is 19.4 Å². The lowest BCUT2D eigenvalue weighted by Crippen LogP contribution is -2.39. The van der Waals surface area contributed by atoms with Crippen LogP contribution in [-0.4, -0.2) is 42.2 Å². The number of para-hydroxylation sites is 1. The highest BCUT2D eigenvalue weighted by Crippen LogP contribution is 2.18. The van der Waals surface area contributed by atoms with Gasteiger partial charge in [-0.2, -0.15) is 0 Å². The van der Waals surface area contributed by atoms with Gasteiger partial charge in [-0.15, -0.1) is 0 Å². The Hall–Kier alpha value is -3.12. The summed E-state index contributed by atoms with van der Waals surface area (Å²) >= 11 is 0. The van der Waals surface area contributed by atoms with Crippen molar-refractivity contribution >= 4 is 16.8 Å². The third kappa shape index (κ3) is 4.71. The molecule has 6 nitrogen and oxygen atoms in total. The van der Waals surface area contributed by atoms with Gasteiger partial charge in [-0.25, -0.2) is 0 Å². The number of carbonyl (C=O) groups is 1. The Kier molecular flexibility index (Phi) is 6.14. The quantitative estimate of drug-likeness (QED) is 0.654. The fourth-order valence-electron chi connectivity index (χ4n) is 3.83. The second-order valence-corrected chi connectivity index (χ2v) is 7.65. The molecule has 2 heterocycles. The SMILES string of the molecule is COc1ccc(CC(=O)N(Cc2cc3ccccc3[nH]c2=O)C[C@H]2CCCO2)cc1. The molecule has 1 saturated heterocycles. The number of hydrogen-bond acceptors (Lipinski definition) is 4. The lowest BCUT2D eigenvalue weighted by molar-refractivity contribution is -0.132. The molecule has 4 rings (SSSR count). The van der Waals surface area contributed by atoms with Crippen LogP contribution in [0.3, 0.4) is 0 Å². The maximum absolute atomic E-state index is 13.2. The van der Waals surface area contributed by atoms with Gasteiger partial charge in [0.15, 0.2) is 0 Å².